The first-order valence-electron chi connectivity index (χ1n) is 9.56. The molecule has 26 heavy (non-hydrogen) atoms. The molecular formula is C21H31ClN4. The molecule has 5 heteroatoms. The number of rotatable bonds is 4. The van der Waals surface area contributed by atoms with E-state index in [0.717, 1.165) is 13.1 Å². The molecule has 2 aromatic rings. The zero-order chi connectivity index (χ0) is 17.4. The SMILES string of the molecule is Cc1ccc(Cn2nc(C)c(CN3CCC4(CCNC4)C3)c2C)cc1.Cl. The van der Waals surface area contributed by atoms with Gasteiger partial charge in [-0.05, 0) is 57.7 Å². The van der Waals surface area contributed by atoms with Gasteiger partial charge in [0.25, 0.3) is 0 Å². The molecule has 3 heterocycles. The fourth-order valence-corrected chi connectivity index (χ4v) is 4.51. The van der Waals surface area contributed by atoms with Gasteiger partial charge in [0.2, 0.25) is 0 Å². The van der Waals surface area contributed by atoms with Gasteiger partial charge in [0.1, 0.15) is 0 Å². The second-order valence-corrected chi connectivity index (χ2v) is 8.18. The summed E-state index contributed by atoms with van der Waals surface area (Å²) in [5.74, 6) is 0. The number of nitrogens with one attached hydrogen (secondary N) is 1. The summed E-state index contributed by atoms with van der Waals surface area (Å²) in [6.07, 6.45) is 2.68. The lowest BCUT2D eigenvalue weighted by Gasteiger charge is -2.23. The summed E-state index contributed by atoms with van der Waals surface area (Å²) in [6, 6.07) is 8.79. The third-order valence-corrected chi connectivity index (χ3v) is 6.22. The third kappa shape index (κ3) is 3.83. The zero-order valence-corrected chi connectivity index (χ0v) is 17.0. The van der Waals surface area contributed by atoms with Crippen LogP contribution in [0.5, 0.6) is 0 Å². The standard InChI is InChI=1S/C21H30N4.ClH/c1-16-4-6-19(7-5-16)12-25-18(3)20(17(2)23-25)13-24-11-9-21(15-24)8-10-22-14-21;/h4-7,22H,8-15H2,1-3H3;1H. The molecule has 1 aromatic heterocycles. The second kappa shape index (κ2) is 7.71. The molecule has 1 unspecified atom stereocenters. The zero-order valence-electron chi connectivity index (χ0n) is 16.2. The van der Waals surface area contributed by atoms with Crippen molar-refractivity contribution in [2.45, 2.75) is 46.7 Å². The van der Waals surface area contributed by atoms with Crippen molar-refractivity contribution in [2.24, 2.45) is 5.41 Å². The molecule has 2 aliphatic rings. The first kappa shape index (κ1) is 19.4. The minimum atomic E-state index is 0. The van der Waals surface area contributed by atoms with Gasteiger partial charge in [0.05, 0.1) is 12.2 Å². The van der Waals surface area contributed by atoms with Gasteiger partial charge in [0, 0.05) is 30.9 Å². The van der Waals surface area contributed by atoms with E-state index in [0.29, 0.717) is 5.41 Å². The molecule has 142 valence electrons. The van der Waals surface area contributed by atoms with Crippen LogP contribution in [0.15, 0.2) is 24.3 Å². The predicted molar refractivity (Wildman–Crippen MR) is 109 cm³/mol. The van der Waals surface area contributed by atoms with Gasteiger partial charge in [-0.25, -0.2) is 0 Å². The van der Waals surface area contributed by atoms with Crippen LogP contribution in [-0.2, 0) is 13.1 Å². The highest BCUT2D eigenvalue weighted by molar-refractivity contribution is 5.85. The quantitative estimate of drug-likeness (QED) is 0.889. The maximum absolute atomic E-state index is 4.84. The molecule has 4 rings (SSSR count). The summed E-state index contributed by atoms with van der Waals surface area (Å²) in [7, 11) is 0. The highest BCUT2D eigenvalue weighted by atomic mass is 35.5. The highest BCUT2D eigenvalue weighted by Gasteiger charge is 2.40. The van der Waals surface area contributed by atoms with Crippen molar-refractivity contribution in [3.8, 4) is 0 Å². The van der Waals surface area contributed by atoms with Crippen molar-refractivity contribution >= 4 is 12.4 Å². The van der Waals surface area contributed by atoms with Crippen LogP contribution in [0.2, 0.25) is 0 Å². The third-order valence-electron chi connectivity index (χ3n) is 6.22. The van der Waals surface area contributed by atoms with Crippen LogP contribution in [-0.4, -0.2) is 40.9 Å². The van der Waals surface area contributed by atoms with E-state index in [9.17, 15) is 0 Å². The molecule has 4 nitrogen and oxygen atoms in total. The van der Waals surface area contributed by atoms with E-state index in [1.165, 1.54) is 67.1 Å². The van der Waals surface area contributed by atoms with Crippen molar-refractivity contribution < 1.29 is 0 Å². The Labute approximate surface area is 163 Å². The minimum absolute atomic E-state index is 0. The van der Waals surface area contributed by atoms with Crippen molar-refractivity contribution in [2.75, 3.05) is 26.2 Å². The fraction of sp³-hybridized carbons (Fsp3) is 0.571. The Morgan fingerprint density at radius 3 is 2.54 bits per heavy atom. The van der Waals surface area contributed by atoms with E-state index in [4.69, 9.17) is 5.10 Å². The van der Waals surface area contributed by atoms with Gasteiger partial charge in [0.15, 0.2) is 0 Å². The maximum atomic E-state index is 4.84. The van der Waals surface area contributed by atoms with Gasteiger partial charge < -0.3 is 5.32 Å². The Balaban J connectivity index is 0.00000196. The topological polar surface area (TPSA) is 33.1 Å². The molecule has 1 N–H and O–H groups in total. The minimum Gasteiger partial charge on any atom is -0.316 e. The molecule has 1 atom stereocenters. The van der Waals surface area contributed by atoms with Crippen molar-refractivity contribution in [1.82, 2.24) is 20.0 Å². The number of aromatic nitrogens is 2. The first-order chi connectivity index (χ1) is 12.0. The van der Waals surface area contributed by atoms with Crippen molar-refractivity contribution in [3.63, 3.8) is 0 Å². The van der Waals surface area contributed by atoms with Crippen molar-refractivity contribution in [3.05, 3.63) is 52.3 Å². The summed E-state index contributed by atoms with van der Waals surface area (Å²) in [5.41, 5.74) is 7.11. The Bertz CT molecular complexity index is 744. The van der Waals surface area contributed by atoms with Crippen LogP contribution in [0, 0.1) is 26.2 Å². The number of benzene rings is 1. The monoisotopic (exact) mass is 374 g/mol. The normalized spacial score (nSPS) is 22.9. The van der Waals surface area contributed by atoms with Gasteiger partial charge in [-0.1, -0.05) is 29.8 Å². The smallest absolute Gasteiger partial charge is 0.0662 e. The van der Waals surface area contributed by atoms with Gasteiger partial charge >= 0.3 is 0 Å². The lowest BCUT2D eigenvalue weighted by Crippen LogP contribution is -2.29. The Morgan fingerprint density at radius 1 is 1.08 bits per heavy atom. The Morgan fingerprint density at radius 2 is 1.85 bits per heavy atom. The average Bonchev–Trinajstić information content (AvgIpc) is 3.28. The van der Waals surface area contributed by atoms with Crippen LogP contribution in [0.25, 0.3) is 0 Å². The summed E-state index contributed by atoms with van der Waals surface area (Å²) >= 11 is 0. The average molecular weight is 375 g/mol. The van der Waals surface area contributed by atoms with Crippen LogP contribution in [0.1, 0.15) is 40.9 Å². The summed E-state index contributed by atoms with van der Waals surface area (Å²) in [6.45, 7) is 13.3. The number of halogens is 1. The largest absolute Gasteiger partial charge is 0.316 e. The van der Waals surface area contributed by atoms with Crippen molar-refractivity contribution in [1.29, 1.82) is 0 Å². The predicted octanol–water partition coefficient (Wildman–Crippen LogP) is 3.46. The number of likely N-dealkylation sites (tertiary alicyclic amines) is 1. The molecule has 2 saturated heterocycles. The van der Waals surface area contributed by atoms with E-state index in [2.05, 4.69) is 59.9 Å². The molecule has 0 radical (unpaired) electrons. The molecular weight excluding hydrogens is 344 g/mol. The molecule has 0 amide bonds. The lowest BCUT2D eigenvalue weighted by molar-refractivity contribution is 0.268. The summed E-state index contributed by atoms with van der Waals surface area (Å²) in [4.78, 5) is 2.64. The number of hydrogen-bond donors (Lipinski definition) is 1. The van der Waals surface area contributed by atoms with Crippen LogP contribution in [0.3, 0.4) is 0 Å². The van der Waals surface area contributed by atoms with Crippen LogP contribution >= 0.6 is 12.4 Å². The number of hydrogen-bond acceptors (Lipinski definition) is 3. The van der Waals surface area contributed by atoms with E-state index < -0.39 is 0 Å². The van der Waals surface area contributed by atoms with Gasteiger partial charge in [-0.3, -0.25) is 9.58 Å². The molecule has 0 saturated carbocycles. The molecule has 1 aromatic carbocycles. The molecule has 2 aliphatic heterocycles. The van der Waals surface area contributed by atoms with E-state index in [-0.39, 0.29) is 12.4 Å². The van der Waals surface area contributed by atoms with Crippen LogP contribution in [0.4, 0.5) is 0 Å². The lowest BCUT2D eigenvalue weighted by atomic mass is 9.86. The Kier molecular flexibility index (Phi) is 5.75. The van der Waals surface area contributed by atoms with E-state index >= 15 is 0 Å². The molecule has 2 fully saturated rings. The van der Waals surface area contributed by atoms with E-state index in [1.54, 1.807) is 0 Å². The molecule has 1 spiro atoms. The number of aryl methyl sites for hydroxylation is 2. The number of nitrogens with zero attached hydrogens (tertiary/aromatic N) is 3. The molecule has 0 bridgehead atoms. The van der Waals surface area contributed by atoms with E-state index in [1.807, 2.05) is 0 Å². The maximum Gasteiger partial charge on any atom is 0.0662 e. The summed E-state index contributed by atoms with van der Waals surface area (Å²) in [5, 5.41) is 8.39. The van der Waals surface area contributed by atoms with Gasteiger partial charge in [-0.2, -0.15) is 5.10 Å². The first-order valence-corrected chi connectivity index (χ1v) is 9.56. The summed E-state index contributed by atoms with van der Waals surface area (Å²) < 4.78 is 2.18. The molecule has 0 aliphatic carbocycles. The van der Waals surface area contributed by atoms with Crippen LogP contribution < -0.4 is 5.32 Å². The van der Waals surface area contributed by atoms with Gasteiger partial charge in [-0.15, -0.1) is 12.4 Å². The second-order valence-electron chi connectivity index (χ2n) is 8.18. The Hall–Kier alpha value is -1.36. The highest BCUT2D eigenvalue weighted by Crippen LogP contribution is 2.37. The fourth-order valence-electron chi connectivity index (χ4n) is 4.51.